The van der Waals surface area contributed by atoms with Gasteiger partial charge in [-0.05, 0) is 50.3 Å². The van der Waals surface area contributed by atoms with E-state index in [0.29, 0.717) is 12.0 Å². The van der Waals surface area contributed by atoms with Gasteiger partial charge in [0.15, 0.2) is 0 Å². The Morgan fingerprint density at radius 2 is 1.94 bits per heavy atom. The summed E-state index contributed by atoms with van der Waals surface area (Å²) in [6, 6.07) is 4.17. The lowest BCUT2D eigenvalue weighted by Gasteiger charge is -2.34. The SMILES string of the molecule is C=Cc1cccc(C(C(=O)NCC(=O)OC)N(C(=O)C(CO)NC(=O)OC(C)(C)C)C2CC2C)c1. The molecule has 1 saturated carbocycles. The van der Waals surface area contributed by atoms with Gasteiger partial charge in [0.1, 0.15) is 24.2 Å². The van der Waals surface area contributed by atoms with Gasteiger partial charge in [-0.25, -0.2) is 4.79 Å². The van der Waals surface area contributed by atoms with E-state index in [9.17, 15) is 24.3 Å². The van der Waals surface area contributed by atoms with E-state index >= 15 is 0 Å². The highest BCUT2D eigenvalue weighted by atomic mass is 16.6. The molecule has 10 heteroatoms. The van der Waals surface area contributed by atoms with Crippen LogP contribution in [0.5, 0.6) is 0 Å². The molecule has 4 atom stereocenters. The van der Waals surface area contributed by atoms with Crippen LogP contribution in [-0.2, 0) is 23.9 Å². The van der Waals surface area contributed by atoms with Crippen LogP contribution in [0, 0.1) is 5.92 Å². The third kappa shape index (κ3) is 7.81. The van der Waals surface area contributed by atoms with E-state index < -0.39 is 48.2 Å². The second-order valence-corrected chi connectivity index (χ2v) is 9.48. The number of amides is 3. The van der Waals surface area contributed by atoms with E-state index in [1.54, 1.807) is 51.1 Å². The van der Waals surface area contributed by atoms with Crippen LogP contribution in [0.2, 0.25) is 0 Å². The lowest BCUT2D eigenvalue weighted by molar-refractivity contribution is -0.145. The molecule has 0 heterocycles. The summed E-state index contributed by atoms with van der Waals surface area (Å²) < 4.78 is 9.83. The smallest absolute Gasteiger partial charge is 0.408 e. The van der Waals surface area contributed by atoms with E-state index in [1.165, 1.54) is 12.0 Å². The molecule has 1 aromatic rings. The molecule has 0 bridgehead atoms. The van der Waals surface area contributed by atoms with Crippen LogP contribution in [0.15, 0.2) is 30.8 Å². The Labute approximate surface area is 205 Å². The van der Waals surface area contributed by atoms with Gasteiger partial charge in [-0.1, -0.05) is 37.8 Å². The Hall–Kier alpha value is -3.40. The van der Waals surface area contributed by atoms with Crippen molar-refractivity contribution in [3.63, 3.8) is 0 Å². The van der Waals surface area contributed by atoms with Gasteiger partial charge < -0.3 is 30.1 Å². The van der Waals surface area contributed by atoms with Gasteiger partial charge in [0.05, 0.1) is 13.7 Å². The number of nitrogens with zero attached hydrogens (tertiary/aromatic N) is 1. The number of rotatable bonds is 10. The number of hydrogen-bond acceptors (Lipinski definition) is 7. The van der Waals surface area contributed by atoms with Crippen LogP contribution < -0.4 is 10.6 Å². The number of hydrogen-bond donors (Lipinski definition) is 3. The molecule has 0 saturated heterocycles. The Morgan fingerprint density at radius 1 is 1.29 bits per heavy atom. The number of carbonyl (C=O) groups excluding carboxylic acids is 4. The summed E-state index contributed by atoms with van der Waals surface area (Å²) in [6.07, 6.45) is 1.38. The van der Waals surface area contributed by atoms with Crippen LogP contribution in [-0.4, -0.2) is 71.8 Å². The molecule has 10 nitrogen and oxygen atoms in total. The van der Waals surface area contributed by atoms with Gasteiger partial charge in [-0.15, -0.1) is 0 Å². The van der Waals surface area contributed by atoms with E-state index in [4.69, 9.17) is 4.74 Å². The number of ether oxygens (including phenoxy) is 2. The molecule has 1 aliphatic carbocycles. The number of benzene rings is 1. The van der Waals surface area contributed by atoms with Crippen molar-refractivity contribution in [3.05, 3.63) is 42.0 Å². The Morgan fingerprint density at radius 3 is 2.46 bits per heavy atom. The minimum absolute atomic E-state index is 0.0957. The topological polar surface area (TPSA) is 134 Å². The standard InChI is InChI=1S/C25H35N3O7/c1-7-16-9-8-10-17(12-16)21(22(31)26-13-20(30)34-6)28(19-11-15(19)2)23(32)18(14-29)27-24(33)35-25(3,4)5/h7-10,12,15,18-19,21,29H,1,11,13-14H2,2-6H3,(H,26,31)(H,27,33). The summed E-state index contributed by atoms with van der Waals surface area (Å²) in [5, 5.41) is 14.9. The summed E-state index contributed by atoms with van der Waals surface area (Å²) in [5.41, 5.74) is 0.417. The zero-order valence-corrected chi connectivity index (χ0v) is 20.9. The van der Waals surface area contributed by atoms with Crippen molar-refractivity contribution in [1.82, 2.24) is 15.5 Å². The van der Waals surface area contributed by atoms with Gasteiger partial charge in [0.25, 0.3) is 0 Å². The molecule has 0 spiro atoms. The van der Waals surface area contributed by atoms with Crippen molar-refractivity contribution in [2.75, 3.05) is 20.3 Å². The molecular formula is C25H35N3O7. The first kappa shape index (κ1) is 27.8. The molecular weight excluding hydrogens is 454 g/mol. The number of esters is 1. The molecule has 192 valence electrons. The molecule has 4 unspecified atom stereocenters. The van der Waals surface area contributed by atoms with Gasteiger partial charge >= 0.3 is 12.1 Å². The molecule has 0 aliphatic heterocycles. The molecule has 0 radical (unpaired) electrons. The summed E-state index contributed by atoms with van der Waals surface area (Å²) in [7, 11) is 1.20. The molecule has 3 N–H and O–H groups in total. The van der Waals surface area contributed by atoms with Crippen LogP contribution >= 0.6 is 0 Å². The van der Waals surface area contributed by atoms with Crippen molar-refractivity contribution >= 4 is 30.0 Å². The third-order valence-corrected chi connectivity index (χ3v) is 5.47. The largest absolute Gasteiger partial charge is 0.468 e. The second-order valence-electron chi connectivity index (χ2n) is 9.48. The first-order valence-electron chi connectivity index (χ1n) is 11.4. The summed E-state index contributed by atoms with van der Waals surface area (Å²) in [4.78, 5) is 52.4. The maximum Gasteiger partial charge on any atom is 0.408 e. The minimum atomic E-state index is -1.34. The van der Waals surface area contributed by atoms with Crippen molar-refractivity contribution in [2.24, 2.45) is 5.92 Å². The zero-order valence-electron chi connectivity index (χ0n) is 20.9. The summed E-state index contributed by atoms with van der Waals surface area (Å²) in [6.45, 7) is 9.64. The molecule has 1 aliphatic rings. The van der Waals surface area contributed by atoms with E-state index in [0.717, 1.165) is 5.56 Å². The summed E-state index contributed by atoms with van der Waals surface area (Å²) >= 11 is 0. The Bertz CT molecular complexity index is 957. The highest BCUT2D eigenvalue weighted by Crippen LogP contribution is 2.40. The maximum absolute atomic E-state index is 13.7. The van der Waals surface area contributed by atoms with Crippen molar-refractivity contribution in [1.29, 1.82) is 0 Å². The van der Waals surface area contributed by atoms with E-state index in [-0.39, 0.29) is 18.5 Å². The molecule has 35 heavy (non-hydrogen) atoms. The second kappa shape index (κ2) is 11.8. The van der Waals surface area contributed by atoms with Crippen LogP contribution in [0.25, 0.3) is 6.08 Å². The number of aliphatic hydroxyl groups excluding tert-OH is 1. The fraction of sp³-hybridized carbons (Fsp3) is 0.520. The molecule has 1 fully saturated rings. The maximum atomic E-state index is 13.7. The first-order valence-corrected chi connectivity index (χ1v) is 11.4. The Balaban J connectivity index is 2.44. The fourth-order valence-electron chi connectivity index (χ4n) is 3.61. The number of aliphatic hydroxyl groups is 1. The zero-order chi connectivity index (χ0) is 26.3. The Kier molecular flexibility index (Phi) is 9.41. The van der Waals surface area contributed by atoms with Gasteiger partial charge in [-0.3, -0.25) is 14.4 Å². The lowest BCUT2D eigenvalue weighted by atomic mass is 10.00. The number of nitrogens with one attached hydrogen (secondary N) is 2. The van der Waals surface area contributed by atoms with Gasteiger partial charge in [-0.2, -0.15) is 0 Å². The van der Waals surface area contributed by atoms with Gasteiger partial charge in [0.2, 0.25) is 11.8 Å². The van der Waals surface area contributed by atoms with E-state index in [2.05, 4.69) is 21.9 Å². The molecule has 1 aromatic carbocycles. The monoisotopic (exact) mass is 489 g/mol. The lowest BCUT2D eigenvalue weighted by Crippen LogP contribution is -2.55. The van der Waals surface area contributed by atoms with Crippen molar-refractivity contribution < 1.29 is 33.8 Å². The van der Waals surface area contributed by atoms with E-state index in [1.807, 2.05) is 6.92 Å². The number of carbonyl (C=O) groups is 4. The van der Waals surface area contributed by atoms with Crippen LogP contribution in [0.3, 0.4) is 0 Å². The van der Waals surface area contributed by atoms with Crippen molar-refractivity contribution in [3.8, 4) is 0 Å². The highest BCUT2D eigenvalue weighted by Gasteiger charge is 2.48. The number of methoxy groups -OCH3 is 1. The average Bonchev–Trinajstić information content (AvgIpc) is 3.52. The van der Waals surface area contributed by atoms with Crippen LogP contribution in [0.1, 0.15) is 51.3 Å². The highest BCUT2D eigenvalue weighted by molar-refractivity contribution is 5.93. The average molecular weight is 490 g/mol. The first-order chi connectivity index (χ1) is 16.4. The minimum Gasteiger partial charge on any atom is -0.468 e. The fourth-order valence-corrected chi connectivity index (χ4v) is 3.61. The van der Waals surface area contributed by atoms with Crippen LogP contribution in [0.4, 0.5) is 4.79 Å². The predicted molar refractivity (Wildman–Crippen MR) is 129 cm³/mol. The van der Waals surface area contributed by atoms with Crippen molar-refractivity contribution in [2.45, 2.75) is 57.8 Å². The quantitative estimate of drug-likeness (QED) is 0.427. The predicted octanol–water partition coefficient (Wildman–Crippen LogP) is 1.78. The normalized spacial score (nSPS) is 18.5. The molecule has 2 rings (SSSR count). The molecule has 0 aromatic heterocycles. The third-order valence-electron chi connectivity index (χ3n) is 5.47. The molecule has 3 amide bonds. The summed E-state index contributed by atoms with van der Waals surface area (Å²) in [5.74, 6) is -1.79. The van der Waals surface area contributed by atoms with Gasteiger partial charge in [0, 0.05) is 6.04 Å². The number of alkyl carbamates (subject to hydrolysis) is 1.